The summed E-state index contributed by atoms with van der Waals surface area (Å²) in [5.74, 6) is 0.274. The van der Waals surface area contributed by atoms with Gasteiger partial charge in [-0.05, 0) is 25.5 Å². The number of methoxy groups -OCH3 is 1. The van der Waals surface area contributed by atoms with E-state index in [9.17, 15) is 9.59 Å². The lowest BCUT2D eigenvalue weighted by molar-refractivity contribution is -0.135. The Balaban J connectivity index is 1.75. The van der Waals surface area contributed by atoms with Crippen molar-refractivity contribution < 1.29 is 14.3 Å². The first kappa shape index (κ1) is 27.1. The average Bonchev–Trinajstić information content (AvgIpc) is 3.30. The number of hydrogen-bond donors (Lipinski definition) is 1. The number of nitrogens with zero attached hydrogens (tertiary/aromatic N) is 3. The van der Waals surface area contributed by atoms with Gasteiger partial charge in [0.1, 0.15) is 5.82 Å². The Morgan fingerprint density at radius 2 is 1.72 bits per heavy atom. The summed E-state index contributed by atoms with van der Waals surface area (Å²) in [4.78, 5) is 27.5. The zero-order valence-electron chi connectivity index (χ0n) is 21.7. The molecule has 0 radical (unpaired) electrons. The molecule has 0 unspecified atom stereocenters. The topological polar surface area (TPSA) is 76.5 Å². The quantitative estimate of drug-likeness (QED) is 0.298. The molecule has 0 saturated heterocycles. The molecule has 0 fully saturated rings. The number of unbranched alkanes of at least 4 members (excludes halogenated alkanes) is 4. The van der Waals surface area contributed by atoms with Crippen LogP contribution in [0.25, 0.3) is 16.9 Å². The number of nitrogens with one attached hydrogen (secondary N) is 1. The molecular formula is C29H38N4O3. The fourth-order valence-corrected chi connectivity index (χ4v) is 3.99. The number of aromatic nitrogens is 2. The third-order valence-corrected chi connectivity index (χ3v) is 6.07. The number of anilines is 1. The predicted molar refractivity (Wildman–Crippen MR) is 144 cm³/mol. The van der Waals surface area contributed by atoms with Crippen LogP contribution in [0, 0.1) is 6.92 Å². The first-order valence-corrected chi connectivity index (χ1v) is 12.8. The van der Waals surface area contributed by atoms with Crippen LogP contribution in [-0.4, -0.2) is 53.3 Å². The number of ether oxygens (including phenoxy) is 1. The summed E-state index contributed by atoms with van der Waals surface area (Å²) in [6, 6.07) is 19.7. The molecule has 0 saturated carbocycles. The molecule has 2 amide bonds. The van der Waals surface area contributed by atoms with Gasteiger partial charge in [0, 0.05) is 31.7 Å². The highest BCUT2D eigenvalue weighted by Gasteiger charge is 2.19. The van der Waals surface area contributed by atoms with Crippen LogP contribution in [0.15, 0.2) is 60.7 Å². The highest BCUT2D eigenvalue weighted by molar-refractivity contribution is 5.94. The fraction of sp³-hybridized carbons (Fsp3) is 0.414. The molecule has 3 aromatic rings. The maximum absolute atomic E-state index is 13.1. The Kier molecular flexibility index (Phi) is 10.7. The minimum Gasteiger partial charge on any atom is -0.383 e. The van der Waals surface area contributed by atoms with Gasteiger partial charge < -0.3 is 15.0 Å². The predicted octanol–water partition coefficient (Wildman–Crippen LogP) is 5.62. The van der Waals surface area contributed by atoms with E-state index >= 15 is 0 Å². The van der Waals surface area contributed by atoms with Crippen LogP contribution < -0.4 is 5.32 Å². The largest absolute Gasteiger partial charge is 0.383 e. The Morgan fingerprint density at radius 3 is 2.42 bits per heavy atom. The van der Waals surface area contributed by atoms with Crippen molar-refractivity contribution in [1.82, 2.24) is 14.7 Å². The van der Waals surface area contributed by atoms with E-state index in [1.807, 2.05) is 67.6 Å². The van der Waals surface area contributed by atoms with Gasteiger partial charge in [0.15, 0.2) is 0 Å². The highest BCUT2D eigenvalue weighted by Crippen LogP contribution is 2.25. The number of amides is 2. The first-order valence-electron chi connectivity index (χ1n) is 12.8. The number of carbonyl (C=O) groups excluding carboxylic acids is 2. The van der Waals surface area contributed by atoms with Gasteiger partial charge in [-0.3, -0.25) is 9.59 Å². The standard InChI is InChI=1S/C29H38N4O3/c1-4-5-6-7-11-14-29(35)32(19-20-36-3)22-28(34)30-27-21-26(24-12-9-8-10-13-24)31-33(27)25-17-15-23(2)16-18-25/h8-10,12-13,15-18,21H,4-7,11,14,19-20,22H2,1-3H3,(H,30,34). The van der Waals surface area contributed by atoms with Crippen molar-refractivity contribution in [2.45, 2.75) is 52.4 Å². The molecule has 7 heteroatoms. The molecule has 1 N–H and O–H groups in total. The van der Waals surface area contributed by atoms with Gasteiger partial charge in [0.25, 0.3) is 0 Å². The van der Waals surface area contributed by atoms with Crippen LogP contribution in [0.5, 0.6) is 0 Å². The van der Waals surface area contributed by atoms with Crippen LogP contribution in [0.4, 0.5) is 5.82 Å². The molecule has 1 aromatic heterocycles. The van der Waals surface area contributed by atoms with E-state index in [-0.39, 0.29) is 18.4 Å². The fourth-order valence-electron chi connectivity index (χ4n) is 3.99. The monoisotopic (exact) mass is 490 g/mol. The van der Waals surface area contributed by atoms with Gasteiger partial charge in [-0.25, -0.2) is 4.68 Å². The van der Waals surface area contributed by atoms with E-state index < -0.39 is 0 Å². The second-order valence-electron chi connectivity index (χ2n) is 9.05. The average molecular weight is 491 g/mol. The number of rotatable bonds is 14. The van der Waals surface area contributed by atoms with Gasteiger partial charge in [0.05, 0.1) is 24.5 Å². The molecule has 192 valence electrons. The lowest BCUT2D eigenvalue weighted by atomic mass is 10.1. The Morgan fingerprint density at radius 1 is 1.00 bits per heavy atom. The van der Waals surface area contributed by atoms with E-state index in [2.05, 4.69) is 12.2 Å². The lowest BCUT2D eigenvalue weighted by Crippen LogP contribution is -2.40. The summed E-state index contributed by atoms with van der Waals surface area (Å²) >= 11 is 0. The van der Waals surface area contributed by atoms with Crippen LogP contribution in [0.1, 0.15) is 51.0 Å². The highest BCUT2D eigenvalue weighted by atomic mass is 16.5. The van der Waals surface area contributed by atoms with Gasteiger partial charge >= 0.3 is 0 Å². The van der Waals surface area contributed by atoms with Crippen molar-refractivity contribution in [2.75, 3.05) is 32.1 Å². The van der Waals surface area contributed by atoms with Gasteiger partial charge in [0.2, 0.25) is 11.8 Å². The molecule has 2 aromatic carbocycles. The molecule has 1 heterocycles. The molecule has 0 atom stereocenters. The van der Waals surface area contributed by atoms with Crippen LogP contribution in [0.2, 0.25) is 0 Å². The van der Waals surface area contributed by atoms with Crippen molar-refractivity contribution in [3.8, 4) is 16.9 Å². The molecular weight excluding hydrogens is 452 g/mol. The minimum absolute atomic E-state index is 0.0179. The number of benzene rings is 2. The second kappa shape index (κ2) is 14.2. The summed E-state index contributed by atoms with van der Waals surface area (Å²) in [6.45, 7) is 4.93. The van der Waals surface area contributed by atoms with Crippen LogP contribution in [0.3, 0.4) is 0 Å². The minimum atomic E-state index is -0.265. The number of hydrogen-bond acceptors (Lipinski definition) is 4. The van der Waals surface area contributed by atoms with Gasteiger partial charge in [-0.15, -0.1) is 0 Å². The van der Waals surface area contributed by atoms with E-state index in [0.29, 0.717) is 25.4 Å². The van der Waals surface area contributed by atoms with Gasteiger partial charge in [-0.1, -0.05) is 80.6 Å². The molecule has 36 heavy (non-hydrogen) atoms. The van der Waals surface area contributed by atoms with E-state index in [0.717, 1.165) is 41.8 Å². The van der Waals surface area contributed by atoms with E-state index in [4.69, 9.17) is 9.84 Å². The van der Waals surface area contributed by atoms with Crippen molar-refractivity contribution >= 4 is 17.6 Å². The summed E-state index contributed by atoms with van der Waals surface area (Å²) in [5.41, 5.74) is 3.70. The number of carbonyl (C=O) groups is 2. The zero-order chi connectivity index (χ0) is 25.8. The van der Waals surface area contributed by atoms with Crippen molar-refractivity contribution in [1.29, 1.82) is 0 Å². The summed E-state index contributed by atoms with van der Waals surface area (Å²) in [6.07, 6.45) is 5.80. The number of aryl methyl sites for hydroxylation is 1. The maximum atomic E-state index is 13.1. The molecule has 0 spiro atoms. The SMILES string of the molecule is CCCCCCCC(=O)N(CCOC)CC(=O)Nc1cc(-c2ccccc2)nn1-c1ccc(C)cc1. The molecule has 0 aliphatic carbocycles. The summed E-state index contributed by atoms with van der Waals surface area (Å²) < 4.78 is 6.91. The molecule has 0 aliphatic heterocycles. The second-order valence-corrected chi connectivity index (χ2v) is 9.05. The third kappa shape index (κ3) is 8.05. The van der Waals surface area contributed by atoms with Crippen LogP contribution in [-0.2, 0) is 14.3 Å². The normalized spacial score (nSPS) is 10.9. The van der Waals surface area contributed by atoms with E-state index in [1.165, 1.54) is 12.8 Å². The van der Waals surface area contributed by atoms with Crippen LogP contribution >= 0.6 is 0 Å². The van der Waals surface area contributed by atoms with Crippen molar-refractivity contribution in [3.05, 3.63) is 66.2 Å². The van der Waals surface area contributed by atoms with E-state index in [1.54, 1.807) is 16.7 Å². The first-order chi connectivity index (χ1) is 17.5. The molecule has 7 nitrogen and oxygen atoms in total. The molecule has 0 aliphatic rings. The lowest BCUT2D eigenvalue weighted by Gasteiger charge is -2.22. The third-order valence-electron chi connectivity index (χ3n) is 6.07. The molecule has 0 bridgehead atoms. The maximum Gasteiger partial charge on any atom is 0.245 e. The Labute approximate surface area is 214 Å². The Bertz CT molecular complexity index is 1090. The zero-order valence-corrected chi connectivity index (χ0v) is 21.7. The smallest absolute Gasteiger partial charge is 0.245 e. The van der Waals surface area contributed by atoms with Gasteiger partial charge in [-0.2, -0.15) is 5.10 Å². The molecule has 3 rings (SSSR count). The van der Waals surface area contributed by atoms with Crippen molar-refractivity contribution in [2.24, 2.45) is 0 Å². The summed E-state index contributed by atoms with van der Waals surface area (Å²) in [5, 5.41) is 7.75. The summed E-state index contributed by atoms with van der Waals surface area (Å²) in [7, 11) is 1.60. The Hall–Kier alpha value is -3.45. The van der Waals surface area contributed by atoms with Crippen molar-refractivity contribution in [3.63, 3.8) is 0 Å².